The van der Waals surface area contributed by atoms with Gasteiger partial charge in [0, 0.05) is 15.5 Å². The number of amides is 2. The van der Waals surface area contributed by atoms with Crippen molar-refractivity contribution in [3.05, 3.63) is 27.1 Å². The Hall–Kier alpha value is -1.08. The summed E-state index contributed by atoms with van der Waals surface area (Å²) in [6, 6.07) is 4.97. The number of rotatable bonds is 6. The molecule has 5 nitrogen and oxygen atoms in total. The SMILES string of the molecule is CCCC(CNC(=O)Nc1cc(Br)ccc1Br)C(=O)O. The van der Waals surface area contributed by atoms with Crippen molar-refractivity contribution in [2.45, 2.75) is 19.8 Å². The second-order valence-electron chi connectivity index (χ2n) is 4.28. The first kappa shape index (κ1) is 17.0. The predicted molar refractivity (Wildman–Crippen MR) is 84.9 cm³/mol. The second kappa shape index (κ2) is 8.26. The Balaban J connectivity index is 2.55. The summed E-state index contributed by atoms with van der Waals surface area (Å²) in [7, 11) is 0. The summed E-state index contributed by atoms with van der Waals surface area (Å²) in [5.41, 5.74) is 0.610. The molecular weight excluding hydrogens is 392 g/mol. The Labute approximate surface area is 134 Å². The Morgan fingerprint density at radius 3 is 2.65 bits per heavy atom. The Morgan fingerprint density at radius 2 is 2.05 bits per heavy atom. The van der Waals surface area contributed by atoms with Crippen molar-refractivity contribution < 1.29 is 14.7 Å². The number of anilines is 1. The normalized spacial score (nSPS) is 11.8. The zero-order valence-electron chi connectivity index (χ0n) is 11.0. The predicted octanol–water partition coefficient (Wildman–Crippen LogP) is 3.83. The Kier molecular flexibility index (Phi) is 7.01. The average molecular weight is 408 g/mol. The maximum Gasteiger partial charge on any atom is 0.319 e. The number of carboxylic acid groups (broad SMARTS) is 1. The highest BCUT2D eigenvalue weighted by Crippen LogP contribution is 2.25. The van der Waals surface area contributed by atoms with Crippen molar-refractivity contribution in [3.8, 4) is 0 Å². The molecule has 0 aliphatic heterocycles. The van der Waals surface area contributed by atoms with Gasteiger partial charge in [-0.2, -0.15) is 0 Å². The van der Waals surface area contributed by atoms with E-state index in [9.17, 15) is 9.59 Å². The van der Waals surface area contributed by atoms with E-state index in [4.69, 9.17) is 5.11 Å². The van der Waals surface area contributed by atoms with Crippen molar-refractivity contribution >= 4 is 49.5 Å². The van der Waals surface area contributed by atoms with Gasteiger partial charge >= 0.3 is 12.0 Å². The van der Waals surface area contributed by atoms with Gasteiger partial charge in [-0.05, 0) is 40.5 Å². The first-order valence-corrected chi connectivity index (χ1v) is 7.75. The highest BCUT2D eigenvalue weighted by Gasteiger charge is 2.17. The fourth-order valence-corrected chi connectivity index (χ4v) is 2.34. The Bertz CT molecular complexity index is 495. The molecule has 3 N–H and O–H groups in total. The van der Waals surface area contributed by atoms with Crippen LogP contribution >= 0.6 is 31.9 Å². The monoisotopic (exact) mass is 406 g/mol. The molecule has 0 bridgehead atoms. The molecule has 0 spiro atoms. The van der Waals surface area contributed by atoms with Gasteiger partial charge in [-0.15, -0.1) is 0 Å². The van der Waals surface area contributed by atoms with E-state index < -0.39 is 17.9 Å². The third-order valence-electron chi connectivity index (χ3n) is 2.67. The van der Waals surface area contributed by atoms with Gasteiger partial charge in [0.25, 0.3) is 0 Å². The van der Waals surface area contributed by atoms with Crippen LogP contribution in [0.25, 0.3) is 0 Å². The minimum atomic E-state index is -0.893. The van der Waals surface area contributed by atoms with Crippen LogP contribution in [0.5, 0.6) is 0 Å². The summed E-state index contributed by atoms with van der Waals surface area (Å²) in [5.74, 6) is -1.45. The number of carbonyl (C=O) groups excluding carboxylic acids is 1. The highest BCUT2D eigenvalue weighted by molar-refractivity contribution is 9.11. The van der Waals surface area contributed by atoms with Gasteiger partial charge in [0.2, 0.25) is 0 Å². The van der Waals surface area contributed by atoms with Gasteiger partial charge in [-0.3, -0.25) is 4.79 Å². The van der Waals surface area contributed by atoms with Crippen molar-refractivity contribution in [1.82, 2.24) is 5.32 Å². The molecule has 0 saturated heterocycles. The highest BCUT2D eigenvalue weighted by atomic mass is 79.9. The van der Waals surface area contributed by atoms with Crippen LogP contribution in [0, 0.1) is 5.92 Å². The minimum absolute atomic E-state index is 0.112. The van der Waals surface area contributed by atoms with Crippen LogP contribution in [0.3, 0.4) is 0 Å². The molecule has 0 saturated carbocycles. The summed E-state index contributed by atoms with van der Waals surface area (Å²) in [4.78, 5) is 22.7. The summed E-state index contributed by atoms with van der Waals surface area (Å²) >= 11 is 6.65. The smallest absolute Gasteiger partial charge is 0.319 e. The third kappa shape index (κ3) is 5.50. The number of halogens is 2. The number of hydrogen-bond donors (Lipinski definition) is 3. The van der Waals surface area contributed by atoms with E-state index >= 15 is 0 Å². The topological polar surface area (TPSA) is 78.4 Å². The standard InChI is InChI=1S/C13H16Br2N2O3/c1-2-3-8(12(18)19)7-16-13(20)17-11-6-9(14)4-5-10(11)15/h4-6,8H,2-3,7H2,1H3,(H,18,19)(H2,16,17,20). The number of hydrogen-bond acceptors (Lipinski definition) is 2. The number of carbonyl (C=O) groups is 2. The number of nitrogens with one attached hydrogen (secondary N) is 2. The molecule has 1 aromatic rings. The molecule has 0 aliphatic carbocycles. The molecule has 0 aliphatic rings. The van der Waals surface area contributed by atoms with Crippen molar-refractivity contribution in [1.29, 1.82) is 0 Å². The molecule has 0 fully saturated rings. The molecule has 0 aromatic heterocycles. The van der Waals surface area contributed by atoms with Crippen LogP contribution in [-0.4, -0.2) is 23.7 Å². The van der Waals surface area contributed by atoms with Gasteiger partial charge in [0.05, 0.1) is 11.6 Å². The van der Waals surface area contributed by atoms with Crippen LogP contribution in [0.1, 0.15) is 19.8 Å². The average Bonchev–Trinajstić information content (AvgIpc) is 2.38. The van der Waals surface area contributed by atoms with Crippen molar-refractivity contribution in [2.24, 2.45) is 5.92 Å². The summed E-state index contributed by atoms with van der Waals surface area (Å²) in [6.45, 7) is 2.02. The second-order valence-corrected chi connectivity index (χ2v) is 6.05. The molecular formula is C13H16Br2N2O3. The molecule has 1 unspecified atom stereocenters. The van der Waals surface area contributed by atoms with Crippen LogP contribution in [0.2, 0.25) is 0 Å². The number of benzene rings is 1. The first-order chi connectivity index (χ1) is 9.43. The van der Waals surface area contributed by atoms with Crippen molar-refractivity contribution in [2.75, 3.05) is 11.9 Å². The summed E-state index contributed by atoms with van der Waals surface area (Å²) in [5, 5.41) is 14.2. The lowest BCUT2D eigenvalue weighted by atomic mass is 10.0. The van der Waals surface area contributed by atoms with E-state index in [2.05, 4.69) is 42.5 Å². The van der Waals surface area contributed by atoms with Gasteiger partial charge in [-0.1, -0.05) is 29.3 Å². The minimum Gasteiger partial charge on any atom is -0.481 e. The van der Waals surface area contributed by atoms with Gasteiger partial charge in [-0.25, -0.2) is 4.79 Å². The van der Waals surface area contributed by atoms with E-state index in [1.54, 1.807) is 12.1 Å². The quantitative estimate of drug-likeness (QED) is 0.670. The fourth-order valence-electron chi connectivity index (χ4n) is 1.64. The summed E-state index contributed by atoms with van der Waals surface area (Å²) < 4.78 is 1.59. The van der Waals surface area contributed by atoms with Crippen LogP contribution in [0.15, 0.2) is 27.1 Å². The van der Waals surface area contributed by atoms with Crippen LogP contribution < -0.4 is 10.6 Å². The number of urea groups is 1. The molecule has 1 aromatic carbocycles. The molecule has 20 heavy (non-hydrogen) atoms. The van der Waals surface area contributed by atoms with E-state index in [0.29, 0.717) is 12.1 Å². The molecule has 1 rings (SSSR count). The molecule has 7 heteroatoms. The van der Waals surface area contributed by atoms with Gasteiger partial charge < -0.3 is 15.7 Å². The van der Waals surface area contributed by atoms with Crippen LogP contribution in [-0.2, 0) is 4.79 Å². The maximum atomic E-state index is 11.8. The lowest BCUT2D eigenvalue weighted by Crippen LogP contribution is -2.35. The summed E-state index contributed by atoms with van der Waals surface area (Å²) in [6.07, 6.45) is 1.30. The zero-order valence-corrected chi connectivity index (χ0v) is 14.1. The van der Waals surface area contributed by atoms with Gasteiger partial charge in [0.1, 0.15) is 0 Å². The molecule has 0 heterocycles. The van der Waals surface area contributed by atoms with E-state index in [1.807, 2.05) is 13.0 Å². The largest absolute Gasteiger partial charge is 0.481 e. The maximum absolute atomic E-state index is 11.8. The fraction of sp³-hybridized carbons (Fsp3) is 0.385. The lowest BCUT2D eigenvalue weighted by Gasteiger charge is -2.13. The third-order valence-corrected chi connectivity index (χ3v) is 3.86. The molecule has 1 atom stereocenters. The number of carboxylic acids is 1. The molecule has 0 radical (unpaired) electrons. The zero-order chi connectivity index (χ0) is 15.1. The number of aliphatic carboxylic acids is 1. The first-order valence-electron chi connectivity index (χ1n) is 6.16. The van der Waals surface area contributed by atoms with E-state index in [0.717, 1.165) is 15.4 Å². The van der Waals surface area contributed by atoms with E-state index in [-0.39, 0.29) is 6.54 Å². The molecule has 110 valence electrons. The molecule has 2 amide bonds. The van der Waals surface area contributed by atoms with Crippen molar-refractivity contribution in [3.63, 3.8) is 0 Å². The lowest BCUT2D eigenvalue weighted by molar-refractivity contribution is -0.141. The van der Waals surface area contributed by atoms with Gasteiger partial charge in [0.15, 0.2) is 0 Å². The van der Waals surface area contributed by atoms with Crippen LogP contribution in [0.4, 0.5) is 10.5 Å². The Morgan fingerprint density at radius 1 is 1.35 bits per heavy atom. The van der Waals surface area contributed by atoms with E-state index in [1.165, 1.54) is 0 Å².